The summed E-state index contributed by atoms with van der Waals surface area (Å²) < 4.78 is 18.1. The van der Waals surface area contributed by atoms with Crippen molar-refractivity contribution in [2.45, 2.75) is 33.3 Å². The number of aryl methyl sites for hydroxylation is 2. The Morgan fingerprint density at radius 1 is 1.24 bits per heavy atom. The number of fused-ring (bicyclic) bond motifs is 1. The van der Waals surface area contributed by atoms with E-state index < -0.39 is 18.0 Å². The number of carbonyl (C=O) groups is 2. The molecule has 154 valence electrons. The molecule has 0 saturated heterocycles. The first-order valence-electron chi connectivity index (χ1n) is 9.44. The van der Waals surface area contributed by atoms with Crippen molar-refractivity contribution < 1.29 is 23.8 Å². The molecule has 2 heterocycles. The first kappa shape index (κ1) is 20.4. The molecule has 1 aliphatic heterocycles. The molecule has 1 aromatic heterocycles. The number of nitrogens with one attached hydrogen (secondary N) is 1. The van der Waals surface area contributed by atoms with Crippen LogP contribution < -0.4 is 14.8 Å². The number of rotatable bonds is 5. The predicted molar refractivity (Wildman–Crippen MR) is 108 cm³/mol. The van der Waals surface area contributed by atoms with E-state index in [0.29, 0.717) is 36.1 Å². The van der Waals surface area contributed by atoms with Gasteiger partial charge in [-0.05, 0) is 44.5 Å². The third-order valence-corrected chi connectivity index (χ3v) is 4.60. The first-order chi connectivity index (χ1) is 13.8. The van der Waals surface area contributed by atoms with Gasteiger partial charge in [0.1, 0.15) is 0 Å². The van der Waals surface area contributed by atoms with Crippen LogP contribution >= 0.6 is 0 Å². The number of hydrogen-bond acceptors (Lipinski definition) is 6. The van der Waals surface area contributed by atoms with E-state index in [1.165, 1.54) is 13.0 Å². The van der Waals surface area contributed by atoms with Gasteiger partial charge in [-0.3, -0.25) is 9.48 Å². The van der Waals surface area contributed by atoms with E-state index in [2.05, 4.69) is 10.4 Å². The Bertz CT molecular complexity index is 948. The highest BCUT2D eigenvalue weighted by Crippen LogP contribution is 2.30. The Kier molecular flexibility index (Phi) is 6.21. The topological polar surface area (TPSA) is 91.7 Å². The summed E-state index contributed by atoms with van der Waals surface area (Å²) >= 11 is 0. The minimum Gasteiger partial charge on any atom is -0.490 e. The second kappa shape index (κ2) is 8.81. The lowest BCUT2D eigenvalue weighted by Gasteiger charge is -2.12. The van der Waals surface area contributed by atoms with E-state index in [1.807, 2.05) is 13.0 Å². The summed E-state index contributed by atoms with van der Waals surface area (Å²) in [4.78, 5) is 24.5. The van der Waals surface area contributed by atoms with Gasteiger partial charge < -0.3 is 19.5 Å². The minimum absolute atomic E-state index is 0.415. The fraction of sp³-hybridized carbons (Fsp3) is 0.381. The van der Waals surface area contributed by atoms with Crippen LogP contribution in [0.15, 0.2) is 24.3 Å². The zero-order valence-corrected chi connectivity index (χ0v) is 17.0. The van der Waals surface area contributed by atoms with E-state index >= 15 is 0 Å². The van der Waals surface area contributed by atoms with Crippen LogP contribution in [0.3, 0.4) is 0 Å². The Balaban J connectivity index is 1.58. The molecule has 8 nitrogen and oxygen atoms in total. The zero-order valence-electron chi connectivity index (χ0n) is 17.0. The zero-order chi connectivity index (χ0) is 21.0. The highest BCUT2D eigenvalue weighted by molar-refractivity contribution is 5.97. The van der Waals surface area contributed by atoms with Gasteiger partial charge in [0.05, 0.1) is 30.3 Å². The fourth-order valence-corrected chi connectivity index (χ4v) is 2.89. The van der Waals surface area contributed by atoms with Crippen molar-refractivity contribution in [1.29, 1.82) is 0 Å². The third kappa shape index (κ3) is 4.96. The van der Waals surface area contributed by atoms with Gasteiger partial charge in [0, 0.05) is 19.5 Å². The highest BCUT2D eigenvalue weighted by Gasteiger charge is 2.20. The van der Waals surface area contributed by atoms with Crippen molar-refractivity contribution >= 4 is 23.6 Å². The summed E-state index contributed by atoms with van der Waals surface area (Å²) in [5.74, 6) is 0.308. The molecule has 1 aromatic carbocycles. The molecule has 2 aromatic rings. The number of nitrogens with zero attached hydrogens (tertiary/aromatic N) is 2. The molecule has 0 fully saturated rings. The molecule has 8 heteroatoms. The number of anilines is 1. The van der Waals surface area contributed by atoms with Crippen molar-refractivity contribution in [3.8, 4) is 11.5 Å². The number of benzene rings is 1. The van der Waals surface area contributed by atoms with Crippen molar-refractivity contribution in [2.75, 3.05) is 18.5 Å². The number of carbonyl (C=O) groups excluding carboxylic acids is 2. The summed E-state index contributed by atoms with van der Waals surface area (Å²) in [7, 11) is 1.80. The quantitative estimate of drug-likeness (QED) is 0.614. The van der Waals surface area contributed by atoms with Crippen LogP contribution in [-0.2, 0) is 21.4 Å². The average molecular weight is 399 g/mol. The molecule has 0 radical (unpaired) electrons. The normalized spacial score (nSPS) is 14.3. The molecule has 3 rings (SSSR count). The van der Waals surface area contributed by atoms with Crippen LogP contribution in [-0.4, -0.2) is 41.0 Å². The maximum atomic E-state index is 12.3. The maximum Gasteiger partial charge on any atom is 0.331 e. The van der Waals surface area contributed by atoms with Gasteiger partial charge in [-0.15, -0.1) is 0 Å². The van der Waals surface area contributed by atoms with Gasteiger partial charge in [-0.1, -0.05) is 6.07 Å². The molecule has 1 atom stereocenters. The summed E-state index contributed by atoms with van der Waals surface area (Å²) in [6.45, 7) is 6.38. The second-order valence-corrected chi connectivity index (χ2v) is 6.83. The molecule has 0 unspecified atom stereocenters. The molecular weight excluding hydrogens is 374 g/mol. The van der Waals surface area contributed by atoms with Crippen LogP contribution in [0.1, 0.15) is 30.3 Å². The van der Waals surface area contributed by atoms with Crippen LogP contribution in [0.2, 0.25) is 0 Å². The molecule has 0 saturated carbocycles. The van der Waals surface area contributed by atoms with Gasteiger partial charge in [-0.25, -0.2) is 4.79 Å². The lowest BCUT2D eigenvalue weighted by Crippen LogP contribution is -2.29. The lowest BCUT2D eigenvalue weighted by atomic mass is 10.2. The van der Waals surface area contributed by atoms with Gasteiger partial charge in [0.2, 0.25) is 0 Å². The number of hydrogen-bond donors (Lipinski definition) is 1. The SMILES string of the molecule is Cc1nn(C)c(C)c1NC(=O)[C@H](C)OC(=O)/C=C/c1ccc2c(c1)OCCCO2. The summed E-state index contributed by atoms with van der Waals surface area (Å²) in [5, 5.41) is 7.01. The summed E-state index contributed by atoms with van der Waals surface area (Å²) in [6.07, 6.45) is 2.76. The lowest BCUT2D eigenvalue weighted by molar-refractivity contribution is -0.148. The molecule has 1 N–H and O–H groups in total. The van der Waals surface area contributed by atoms with Crippen molar-refractivity contribution in [3.63, 3.8) is 0 Å². The second-order valence-electron chi connectivity index (χ2n) is 6.83. The Morgan fingerprint density at radius 2 is 1.97 bits per heavy atom. The standard InChI is InChI=1S/C21H25N3O5/c1-13-20(14(2)24(4)23-13)22-21(26)15(3)29-19(25)9-7-16-6-8-17-18(12-16)28-11-5-10-27-17/h6-9,12,15H,5,10-11H2,1-4H3,(H,22,26)/b9-7+/t15-/m0/s1. The Hall–Kier alpha value is -3.29. The number of amides is 1. The van der Waals surface area contributed by atoms with Crippen LogP contribution in [0.4, 0.5) is 5.69 Å². The Labute approximate surface area is 169 Å². The van der Waals surface area contributed by atoms with E-state index in [0.717, 1.165) is 17.7 Å². The van der Waals surface area contributed by atoms with Crippen molar-refractivity contribution in [3.05, 3.63) is 41.2 Å². The van der Waals surface area contributed by atoms with Gasteiger partial charge >= 0.3 is 5.97 Å². The van der Waals surface area contributed by atoms with Gasteiger partial charge in [0.15, 0.2) is 17.6 Å². The first-order valence-corrected chi connectivity index (χ1v) is 9.44. The largest absolute Gasteiger partial charge is 0.490 e. The minimum atomic E-state index is -0.949. The number of aromatic nitrogens is 2. The average Bonchev–Trinajstić information content (AvgIpc) is 2.86. The molecular formula is C21H25N3O5. The molecule has 29 heavy (non-hydrogen) atoms. The Morgan fingerprint density at radius 3 is 2.66 bits per heavy atom. The molecule has 0 aliphatic carbocycles. The molecule has 0 bridgehead atoms. The number of ether oxygens (including phenoxy) is 3. The van der Waals surface area contributed by atoms with Crippen LogP contribution in [0, 0.1) is 13.8 Å². The highest BCUT2D eigenvalue weighted by atomic mass is 16.5. The molecule has 1 aliphatic rings. The smallest absolute Gasteiger partial charge is 0.331 e. The van der Waals surface area contributed by atoms with Gasteiger partial charge in [-0.2, -0.15) is 5.10 Å². The van der Waals surface area contributed by atoms with E-state index in [1.54, 1.807) is 36.9 Å². The maximum absolute atomic E-state index is 12.3. The van der Waals surface area contributed by atoms with Crippen LogP contribution in [0.5, 0.6) is 11.5 Å². The van der Waals surface area contributed by atoms with Crippen LogP contribution in [0.25, 0.3) is 6.08 Å². The summed E-state index contributed by atoms with van der Waals surface area (Å²) in [6, 6.07) is 5.43. The van der Waals surface area contributed by atoms with Gasteiger partial charge in [0.25, 0.3) is 5.91 Å². The fourth-order valence-electron chi connectivity index (χ4n) is 2.89. The van der Waals surface area contributed by atoms with E-state index in [-0.39, 0.29) is 0 Å². The number of esters is 1. The predicted octanol–water partition coefficient (Wildman–Crippen LogP) is 2.78. The van der Waals surface area contributed by atoms with Crippen molar-refractivity contribution in [1.82, 2.24) is 9.78 Å². The third-order valence-electron chi connectivity index (χ3n) is 4.60. The van der Waals surface area contributed by atoms with E-state index in [4.69, 9.17) is 14.2 Å². The molecule has 0 spiro atoms. The monoisotopic (exact) mass is 399 g/mol. The van der Waals surface area contributed by atoms with Crippen molar-refractivity contribution in [2.24, 2.45) is 7.05 Å². The molecule has 1 amide bonds. The van der Waals surface area contributed by atoms with E-state index in [9.17, 15) is 9.59 Å². The summed E-state index contributed by atoms with van der Waals surface area (Å²) in [5.41, 5.74) is 2.92.